The van der Waals surface area contributed by atoms with Crippen molar-refractivity contribution in [2.75, 3.05) is 0 Å². The lowest BCUT2D eigenvalue weighted by Gasteiger charge is -2.59. The van der Waals surface area contributed by atoms with E-state index in [2.05, 4.69) is 40.2 Å². The van der Waals surface area contributed by atoms with Crippen molar-refractivity contribution in [2.24, 2.45) is 23.5 Å². The average Bonchev–Trinajstić information content (AvgIpc) is 2.35. The lowest BCUT2D eigenvalue weighted by molar-refractivity contribution is -0.0226. The van der Waals surface area contributed by atoms with E-state index in [1.54, 1.807) is 5.56 Å². The second kappa shape index (κ2) is 3.83. The van der Waals surface area contributed by atoms with Crippen LogP contribution in [0, 0.1) is 17.8 Å². The summed E-state index contributed by atoms with van der Waals surface area (Å²) in [7, 11) is 0. The van der Waals surface area contributed by atoms with Crippen LogP contribution in [-0.2, 0) is 5.41 Å². The first-order valence-corrected chi connectivity index (χ1v) is 7.97. The standard InChI is InChI=1S/C16H20BrN/c17-14-3-1-13(2-4-14)16-7-10-5-11(8-16)15(18)12(6-10)9-16/h1-4,10-12,15H,5-9,18H2. The highest BCUT2D eigenvalue weighted by Gasteiger charge is 2.54. The lowest BCUT2D eigenvalue weighted by atomic mass is 9.46. The van der Waals surface area contributed by atoms with Gasteiger partial charge < -0.3 is 5.73 Å². The van der Waals surface area contributed by atoms with E-state index in [0.29, 0.717) is 11.5 Å². The Labute approximate surface area is 117 Å². The quantitative estimate of drug-likeness (QED) is 0.838. The zero-order valence-electron chi connectivity index (χ0n) is 10.6. The van der Waals surface area contributed by atoms with Gasteiger partial charge in [-0.3, -0.25) is 0 Å². The SMILES string of the molecule is NC1C2CC3CC1CC(c1ccc(Br)cc1)(C3)C2. The fourth-order valence-corrected chi connectivity index (χ4v) is 5.48. The molecular formula is C16H20BrN. The van der Waals surface area contributed by atoms with Crippen LogP contribution in [0.25, 0.3) is 0 Å². The van der Waals surface area contributed by atoms with Crippen LogP contribution in [0.3, 0.4) is 0 Å². The molecule has 4 bridgehead atoms. The van der Waals surface area contributed by atoms with Gasteiger partial charge in [-0.15, -0.1) is 0 Å². The summed E-state index contributed by atoms with van der Waals surface area (Å²) in [4.78, 5) is 0. The van der Waals surface area contributed by atoms with E-state index < -0.39 is 0 Å². The number of halogens is 1. The third kappa shape index (κ3) is 1.55. The maximum absolute atomic E-state index is 6.42. The van der Waals surface area contributed by atoms with Gasteiger partial charge in [0.1, 0.15) is 0 Å². The second-order valence-electron chi connectivity index (χ2n) is 6.83. The maximum atomic E-state index is 6.42. The van der Waals surface area contributed by atoms with E-state index in [1.807, 2.05) is 0 Å². The Morgan fingerprint density at radius 3 is 2.22 bits per heavy atom. The molecule has 0 heterocycles. The molecular weight excluding hydrogens is 286 g/mol. The van der Waals surface area contributed by atoms with Gasteiger partial charge in [-0.05, 0) is 73.0 Å². The summed E-state index contributed by atoms with van der Waals surface area (Å²) in [6, 6.07) is 9.57. The average molecular weight is 306 g/mol. The monoisotopic (exact) mass is 305 g/mol. The molecule has 0 radical (unpaired) electrons. The Morgan fingerprint density at radius 1 is 1.00 bits per heavy atom. The van der Waals surface area contributed by atoms with Crippen molar-refractivity contribution in [1.29, 1.82) is 0 Å². The van der Waals surface area contributed by atoms with Crippen LogP contribution < -0.4 is 5.73 Å². The molecule has 0 aromatic heterocycles. The van der Waals surface area contributed by atoms with Crippen molar-refractivity contribution < 1.29 is 0 Å². The van der Waals surface area contributed by atoms with Crippen molar-refractivity contribution in [1.82, 2.24) is 0 Å². The summed E-state index contributed by atoms with van der Waals surface area (Å²) in [6.07, 6.45) is 6.88. The Kier molecular flexibility index (Phi) is 2.44. The predicted molar refractivity (Wildman–Crippen MR) is 77.4 cm³/mol. The van der Waals surface area contributed by atoms with Crippen LogP contribution in [0.4, 0.5) is 0 Å². The fraction of sp³-hybridized carbons (Fsp3) is 0.625. The molecule has 4 saturated carbocycles. The molecule has 2 N–H and O–H groups in total. The van der Waals surface area contributed by atoms with E-state index in [1.165, 1.54) is 36.6 Å². The van der Waals surface area contributed by atoms with E-state index in [0.717, 1.165) is 17.8 Å². The Bertz CT molecular complexity index is 450. The molecule has 18 heavy (non-hydrogen) atoms. The van der Waals surface area contributed by atoms with Gasteiger partial charge in [0.15, 0.2) is 0 Å². The number of nitrogens with two attached hydrogens (primary N) is 1. The highest BCUT2D eigenvalue weighted by atomic mass is 79.9. The largest absolute Gasteiger partial charge is 0.327 e. The molecule has 1 aromatic carbocycles. The molecule has 1 aromatic rings. The van der Waals surface area contributed by atoms with Crippen molar-refractivity contribution >= 4 is 15.9 Å². The summed E-state index contributed by atoms with van der Waals surface area (Å²) in [5.74, 6) is 2.53. The summed E-state index contributed by atoms with van der Waals surface area (Å²) in [5, 5.41) is 0. The minimum absolute atomic E-state index is 0.465. The van der Waals surface area contributed by atoms with Crippen LogP contribution in [0.1, 0.15) is 37.7 Å². The van der Waals surface area contributed by atoms with E-state index in [9.17, 15) is 0 Å². The first-order chi connectivity index (χ1) is 8.66. The lowest BCUT2D eigenvalue weighted by Crippen LogP contribution is -2.58. The minimum Gasteiger partial charge on any atom is -0.327 e. The first kappa shape index (κ1) is 11.5. The minimum atomic E-state index is 0.465. The third-order valence-corrected chi connectivity index (χ3v) is 6.33. The topological polar surface area (TPSA) is 26.0 Å². The van der Waals surface area contributed by atoms with Crippen LogP contribution in [0.2, 0.25) is 0 Å². The van der Waals surface area contributed by atoms with Gasteiger partial charge in [0.05, 0.1) is 0 Å². The molecule has 4 aliphatic carbocycles. The van der Waals surface area contributed by atoms with Gasteiger partial charge in [0.2, 0.25) is 0 Å². The molecule has 2 atom stereocenters. The molecule has 96 valence electrons. The van der Waals surface area contributed by atoms with E-state index >= 15 is 0 Å². The van der Waals surface area contributed by atoms with Gasteiger partial charge in [0, 0.05) is 10.5 Å². The van der Waals surface area contributed by atoms with Crippen molar-refractivity contribution in [2.45, 2.75) is 43.6 Å². The van der Waals surface area contributed by atoms with Crippen molar-refractivity contribution in [3.63, 3.8) is 0 Å². The fourth-order valence-electron chi connectivity index (χ4n) is 5.22. The zero-order chi connectivity index (χ0) is 12.3. The molecule has 1 nitrogen and oxygen atoms in total. The van der Waals surface area contributed by atoms with Gasteiger partial charge in [-0.25, -0.2) is 0 Å². The summed E-state index contributed by atoms with van der Waals surface area (Å²) in [5.41, 5.74) is 8.45. The van der Waals surface area contributed by atoms with Crippen LogP contribution >= 0.6 is 15.9 Å². The summed E-state index contributed by atoms with van der Waals surface area (Å²) < 4.78 is 1.19. The first-order valence-electron chi connectivity index (χ1n) is 7.18. The molecule has 4 aliphatic rings. The summed E-state index contributed by atoms with van der Waals surface area (Å²) >= 11 is 3.55. The molecule has 4 fully saturated rings. The number of hydrogen-bond acceptors (Lipinski definition) is 1. The molecule has 5 rings (SSSR count). The molecule has 0 aliphatic heterocycles. The number of benzene rings is 1. The Hall–Kier alpha value is -0.340. The Morgan fingerprint density at radius 2 is 1.61 bits per heavy atom. The highest BCUT2D eigenvalue weighted by molar-refractivity contribution is 9.10. The Balaban J connectivity index is 1.74. The predicted octanol–water partition coefficient (Wildman–Crippen LogP) is 3.85. The van der Waals surface area contributed by atoms with E-state index in [4.69, 9.17) is 5.73 Å². The van der Waals surface area contributed by atoms with Crippen LogP contribution in [0.5, 0.6) is 0 Å². The van der Waals surface area contributed by atoms with Crippen molar-refractivity contribution in [3.05, 3.63) is 34.3 Å². The molecule has 0 saturated heterocycles. The van der Waals surface area contributed by atoms with Crippen LogP contribution in [0.15, 0.2) is 28.7 Å². The molecule has 0 spiro atoms. The van der Waals surface area contributed by atoms with Gasteiger partial charge in [0.25, 0.3) is 0 Å². The van der Waals surface area contributed by atoms with Gasteiger partial charge in [-0.2, -0.15) is 0 Å². The summed E-state index contributed by atoms with van der Waals surface area (Å²) in [6.45, 7) is 0. The smallest absolute Gasteiger partial charge is 0.0175 e. The van der Waals surface area contributed by atoms with Crippen molar-refractivity contribution in [3.8, 4) is 0 Å². The molecule has 0 amide bonds. The molecule has 2 unspecified atom stereocenters. The highest BCUT2D eigenvalue weighted by Crippen LogP contribution is 2.60. The number of rotatable bonds is 1. The normalized spacial score (nSPS) is 45.4. The third-order valence-electron chi connectivity index (χ3n) is 5.80. The van der Waals surface area contributed by atoms with Gasteiger partial charge >= 0.3 is 0 Å². The maximum Gasteiger partial charge on any atom is 0.0175 e. The number of hydrogen-bond donors (Lipinski definition) is 1. The van der Waals surface area contributed by atoms with E-state index in [-0.39, 0.29) is 0 Å². The van der Waals surface area contributed by atoms with Crippen LogP contribution in [-0.4, -0.2) is 6.04 Å². The van der Waals surface area contributed by atoms with Gasteiger partial charge in [-0.1, -0.05) is 28.1 Å². The second-order valence-corrected chi connectivity index (χ2v) is 7.75. The molecule has 2 heteroatoms. The zero-order valence-corrected chi connectivity index (χ0v) is 12.2.